The van der Waals surface area contributed by atoms with Gasteiger partial charge < -0.3 is 65.9 Å². The molecule has 2 heterocycles. The molecule has 3 aromatic rings. The number of hydrogen-bond donors (Lipinski definition) is 7. The van der Waals surface area contributed by atoms with Crippen molar-refractivity contribution >= 4 is 76.0 Å². The Labute approximate surface area is 609 Å². The fourth-order valence-electron chi connectivity index (χ4n) is 13.5. The zero-order valence-electron chi connectivity index (χ0n) is 62.8. The van der Waals surface area contributed by atoms with E-state index in [0.717, 1.165) is 36.3 Å². The summed E-state index contributed by atoms with van der Waals surface area (Å²) in [6, 6.07) is 13.1. The molecule has 570 valence electrons. The van der Waals surface area contributed by atoms with Gasteiger partial charge in [0.05, 0.1) is 48.4 Å². The number of ketones is 2. The normalized spacial score (nSPS) is 16.0. The van der Waals surface area contributed by atoms with Gasteiger partial charge in [0.1, 0.15) is 24.5 Å². The van der Waals surface area contributed by atoms with Gasteiger partial charge in [0.25, 0.3) is 0 Å². The third kappa shape index (κ3) is 29.1. The van der Waals surface area contributed by atoms with E-state index in [1.165, 1.54) is 4.90 Å². The second kappa shape index (κ2) is 46.5. The molecule has 2 aromatic carbocycles. The number of benzene rings is 2. The quantitative estimate of drug-likeness (QED) is 0.0204. The Kier molecular flexibility index (Phi) is 39.7. The highest BCUT2D eigenvalue weighted by Crippen LogP contribution is 2.34. The van der Waals surface area contributed by atoms with Crippen molar-refractivity contribution in [2.45, 2.75) is 233 Å². The van der Waals surface area contributed by atoms with Gasteiger partial charge in [0.2, 0.25) is 41.4 Å². The van der Waals surface area contributed by atoms with Gasteiger partial charge in [-0.15, -0.1) is 11.3 Å². The van der Waals surface area contributed by atoms with Crippen LogP contribution in [0.1, 0.15) is 194 Å². The van der Waals surface area contributed by atoms with Gasteiger partial charge in [-0.25, -0.2) is 15.3 Å². The number of likely N-dealkylation sites (N-methyl/N-ethyl adjacent to an activating group) is 2. The monoisotopic (exact) mass is 1440 g/mol. The highest BCUT2D eigenvalue weighted by molar-refractivity contribution is 7.09. The number of carbonyl (C=O) groups excluding carboxylic acids is 10. The molecule has 1 aromatic heterocycles. The zero-order chi connectivity index (χ0) is 75.4. The Bertz CT molecular complexity index is 3050. The molecule has 0 spiro atoms. The maximum Gasteiger partial charge on any atom is 0.407 e. The van der Waals surface area contributed by atoms with Crippen molar-refractivity contribution in [1.82, 2.24) is 41.1 Å². The average molecular weight is 1450 g/mol. The lowest BCUT2D eigenvalue weighted by Gasteiger charge is -2.41. The number of likely N-dealkylation sites (tertiary alicyclic amines) is 1. The fraction of sp³-hybridized carbons (Fsp3) is 0.671. The number of ether oxygens (including phenoxy) is 4. The highest BCUT2D eigenvalue weighted by atomic mass is 32.1. The first-order chi connectivity index (χ1) is 48.7. The van der Waals surface area contributed by atoms with Gasteiger partial charge in [-0.05, 0) is 98.3 Å². The van der Waals surface area contributed by atoms with E-state index in [2.05, 4.69) is 43.9 Å². The summed E-state index contributed by atoms with van der Waals surface area (Å²) in [5.41, 5.74) is 9.60. The molecule has 8 amide bonds. The van der Waals surface area contributed by atoms with Crippen molar-refractivity contribution in [3.63, 3.8) is 0 Å². The third-order valence-electron chi connectivity index (χ3n) is 19.5. The Balaban J connectivity index is 1.25. The number of alkyl carbamates (subject to hydrolysis) is 1. The van der Waals surface area contributed by atoms with Crippen molar-refractivity contribution in [1.29, 1.82) is 0 Å². The summed E-state index contributed by atoms with van der Waals surface area (Å²) >= 11 is 1.54. The maximum absolute atomic E-state index is 14.9. The average Bonchev–Trinajstić information content (AvgIpc) is 1.81. The minimum absolute atomic E-state index is 0.0171. The number of nitrogens with two attached hydrogens (primary N) is 1. The SMILES string of the molecule is CCC(C)[C@@H]([C@@H](CC(=O)N1CCC[C@H]1[C@H](OC)[C@@H](C)C(=O)C[C@@H](Cc1ccccc1)c1nccs1)OC)N(C)C(=O)[C@@H](CC(=O)[C@H](C(C)C)N(C)C(=O)CCCOCCNC(=O)OCc1ccc(NC(=O)[C@H](CCCCC(N)=O)NC(=O)[C@@H](NC(=O)CCCCCCNO)C(C)C)cc1)C(C)C. The number of amides is 8. The number of anilines is 1. The molecule has 0 aliphatic carbocycles. The predicted molar refractivity (Wildman–Crippen MR) is 393 cm³/mol. The maximum atomic E-state index is 14.9. The Morgan fingerprint density at radius 3 is 2.04 bits per heavy atom. The van der Waals surface area contributed by atoms with Crippen molar-refractivity contribution in [3.8, 4) is 0 Å². The van der Waals surface area contributed by atoms with E-state index in [1.807, 2.05) is 76.9 Å². The molecule has 4 rings (SSSR count). The van der Waals surface area contributed by atoms with Crippen LogP contribution < -0.4 is 32.5 Å². The Morgan fingerprint density at radius 2 is 1.42 bits per heavy atom. The molecule has 1 aliphatic heterocycles. The van der Waals surface area contributed by atoms with Crippen LogP contribution in [0.2, 0.25) is 0 Å². The number of nitrogens with one attached hydrogen (secondary N) is 5. The van der Waals surface area contributed by atoms with Gasteiger partial charge >= 0.3 is 6.09 Å². The number of hydroxylamine groups is 1. The largest absolute Gasteiger partial charge is 0.445 e. The number of Topliss-reactive ketones (excluding diaryl/α,β-unsaturated/α-hetero) is 2. The first-order valence-electron chi connectivity index (χ1n) is 36.7. The number of rotatable bonds is 50. The number of thiazole rings is 1. The Hall–Kier alpha value is -7.23. The predicted octanol–water partition coefficient (Wildman–Crippen LogP) is 9.33. The van der Waals surface area contributed by atoms with E-state index in [9.17, 15) is 47.9 Å². The molecular formula is C76H120N10O15S. The number of aromatic nitrogens is 1. The van der Waals surface area contributed by atoms with E-state index in [0.29, 0.717) is 69.3 Å². The van der Waals surface area contributed by atoms with Crippen molar-refractivity contribution in [3.05, 3.63) is 82.3 Å². The molecule has 102 heavy (non-hydrogen) atoms. The third-order valence-corrected chi connectivity index (χ3v) is 20.5. The molecule has 0 saturated carbocycles. The van der Waals surface area contributed by atoms with E-state index in [4.69, 9.17) is 29.9 Å². The molecule has 26 heteroatoms. The van der Waals surface area contributed by atoms with Crippen LogP contribution in [0.4, 0.5) is 10.5 Å². The minimum Gasteiger partial charge on any atom is -0.445 e. The fourth-order valence-corrected chi connectivity index (χ4v) is 14.2. The topological polar surface area (TPSA) is 337 Å². The lowest BCUT2D eigenvalue weighted by Crippen LogP contribution is -2.54. The summed E-state index contributed by atoms with van der Waals surface area (Å²) in [7, 11) is 6.48. The van der Waals surface area contributed by atoms with Gasteiger partial charge in [0.15, 0.2) is 5.78 Å². The standard InChI is InChI=1S/C76H120N10O15S/c1-14-52(8)70(63(98-12)47-67(92)86-40-24-29-60(86)71(99-13)53(9)61(87)45-56(74-78-39-43-102-74)44-54-26-18-17-19-27-54)85(11)75(95)58(49(2)3)46-62(88)69(51(6)7)84(10)66(91)32-25-41-100-42-38-79-76(96)101-48-55-33-35-57(36-34-55)81-72(93)59(28-21-22-30-64(77)89)82-73(94)68(50(4)5)83-65(90)31-20-15-16-23-37-80-97/h17-19,26-27,33-36,39,43,49-53,56,58-60,63,68-71,80,97H,14-16,20-25,28-32,37-38,40-42,44-48H2,1-13H3,(H2,77,89)(H,79,96)(H,81,93)(H,82,94)(H,83,90)/t52?,53-,56+,58-,59-,60-,63+,68-,69-,70-,71+/m0/s1. The van der Waals surface area contributed by atoms with Crippen LogP contribution in [-0.4, -0.2) is 187 Å². The second-order valence-electron chi connectivity index (χ2n) is 28.3. The van der Waals surface area contributed by atoms with E-state index in [-0.39, 0.29) is 142 Å². The molecule has 1 unspecified atom stereocenters. The highest BCUT2D eigenvalue weighted by Gasteiger charge is 2.44. The summed E-state index contributed by atoms with van der Waals surface area (Å²) in [5, 5.41) is 22.7. The Morgan fingerprint density at radius 1 is 0.725 bits per heavy atom. The van der Waals surface area contributed by atoms with Crippen LogP contribution in [0.25, 0.3) is 0 Å². The van der Waals surface area contributed by atoms with Gasteiger partial charge in [-0.1, -0.05) is 130 Å². The number of carbonyl (C=O) groups is 10. The van der Waals surface area contributed by atoms with Gasteiger partial charge in [-0.3, -0.25) is 43.2 Å². The van der Waals surface area contributed by atoms with Crippen molar-refractivity contribution < 1.29 is 72.1 Å². The second-order valence-corrected chi connectivity index (χ2v) is 29.2. The summed E-state index contributed by atoms with van der Waals surface area (Å²) < 4.78 is 23.4. The van der Waals surface area contributed by atoms with Gasteiger partial charge in [0, 0.05) is 122 Å². The molecular weight excluding hydrogens is 1320 g/mol. The van der Waals surface area contributed by atoms with Gasteiger partial charge in [-0.2, -0.15) is 0 Å². The zero-order valence-corrected chi connectivity index (χ0v) is 63.7. The lowest BCUT2D eigenvalue weighted by molar-refractivity contribution is -0.149. The molecule has 1 fully saturated rings. The number of hydrogen-bond acceptors (Lipinski definition) is 18. The lowest BCUT2D eigenvalue weighted by atomic mass is 9.83. The minimum atomic E-state index is -0.999. The molecule has 1 saturated heterocycles. The van der Waals surface area contributed by atoms with Crippen LogP contribution in [0, 0.1) is 35.5 Å². The first kappa shape index (κ1) is 87.2. The van der Waals surface area contributed by atoms with Crippen molar-refractivity contribution in [2.24, 2.45) is 41.2 Å². The van der Waals surface area contributed by atoms with E-state index in [1.54, 1.807) is 88.9 Å². The number of primary amides is 1. The molecule has 8 N–H and O–H groups in total. The number of unbranched alkanes of at least 4 members (excludes halogenated alkanes) is 4. The molecule has 0 bridgehead atoms. The van der Waals surface area contributed by atoms with E-state index < -0.39 is 72.0 Å². The van der Waals surface area contributed by atoms with E-state index >= 15 is 0 Å². The van der Waals surface area contributed by atoms with Crippen LogP contribution >= 0.6 is 11.3 Å². The smallest absolute Gasteiger partial charge is 0.407 e. The molecule has 11 atom stereocenters. The van der Waals surface area contributed by atoms with Crippen LogP contribution in [0.5, 0.6) is 0 Å². The summed E-state index contributed by atoms with van der Waals surface area (Å²) in [5.74, 6) is -4.92. The summed E-state index contributed by atoms with van der Waals surface area (Å²) in [6.45, 7) is 18.4. The van der Waals surface area contributed by atoms with Crippen molar-refractivity contribution in [2.75, 3.05) is 66.5 Å². The van der Waals surface area contributed by atoms with Crippen LogP contribution in [0.15, 0.2) is 66.2 Å². The molecule has 25 nitrogen and oxygen atoms in total. The van der Waals surface area contributed by atoms with Crippen LogP contribution in [-0.2, 0) is 75.1 Å². The number of nitrogens with zero attached hydrogens (tertiary/aromatic N) is 4. The first-order valence-corrected chi connectivity index (χ1v) is 37.5. The molecule has 1 aliphatic rings. The van der Waals surface area contributed by atoms with Crippen LogP contribution in [0.3, 0.4) is 0 Å². The summed E-state index contributed by atoms with van der Waals surface area (Å²) in [4.78, 5) is 146. The molecule has 0 radical (unpaired) electrons. The number of methoxy groups -OCH3 is 2. The summed E-state index contributed by atoms with van der Waals surface area (Å²) in [6.07, 6.45) is 7.53.